The maximum absolute atomic E-state index is 11.5. The predicted molar refractivity (Wildman–Crippen MR) is 73.3 cm³/mol. The third-order valence-corrected chi connectivity index (χ3v) is 2.50. The maximum Gasteiger partial charge on any atom is 0.325 e. The minimum absolute atomic E-state index is 0.111. The molecule has 0 aromatic heterocycles. The van der Waals surface area contributed by atoms with Crippen molar-refractivity contribution in [1.29, 1.82) is 0 Å². The van der Waals surface area contributed by atoms with Gasteiger partial charge in [0, 0.05) is 5.57 Å². The Bertz CT molecular complexity index is 452. The van der Waals surface area contributed by atoms with Crippen LogP contribution in [0.3, 0.4) is 0 Å². The number of carbonyl (C=O) groups excluding carboxylic acids is 2. The molecule has 1 amide bonds. The van der Waals surface area contributed by atoms with E-state index in [2.05, 4.69) is 5.32 Å². The summed E-state index contributed by atoms with van der Waals surface area (Å²) in [4.78, 5) is 23.0. The summed E-state index contributed by atoms with van der Waals surface area (Å²) in [5, 5.41) is 2.52. The Morgan fingerprint density at radius 3 is 2.58 bits per heavy atom. The Morgan fingerprint density at radius 2 is 1.95 bits per heavy atom. The molecule has 1 aromatic carbocycles. The summed E-state index contributed by atoms with van der Waals surface area (Å²) in [5.74, 6) is -0.681. The fourth-order valence-corrected chi connectivity index (χ4v) is 1.48. The molecule has 4 nitrogen and oxygen atoms in total. The van der Waals surface area contributed by atoms with E-state index < -0.39 is 5.97 Å². The van der Waals surface area contributed by atoms with Crippen LogP contribution in [0.25, 0.3) is 0 Å². The fraction of sp³-hybridized carbons (Fsp3) is 0.333. The summed E-state index contributed by atoms with van der Waals surface area (Å²) in [6.07, 6.45) is 2.60. The zero-order valence-corrected chi connectivity index (χ0v) is 11.3. The molecule has 0 radical (unpaired) electrons. The number of benzene rings is 1. The van der Waals surface area contributed by atoms with Crippen LogP contribution in [0, 0.1) is 0 Å². The Hall–Kier alpha value is -2.10. The van der Waals surface area contributed by atoms with Gasteiger partial charge >= 0.3 is 5.97 Å². The third kappa shape index (κ3) is 5.86. The van der Waals surface area contributed by atoms with E-state index in [4.69, 9.17) is 4.74 Å². The first-order valence-corrected chi connectivity index (χ1v) is 6.28. The van der Waals surface area contributed by atoms with Gasteiger partial charge in [0.05, 0.1) is 0 Å². The molecule has 0 fully saturated rings. The topological polar surface area (TPSA) is 55.4 Å². The molecule has 1 N–H and O–H groups in total. The van der Waals surface area contributed by atoms with Crippen molar-refractivity contribution >= 4 is 11.9 Å². The molecule has 0 aliphatic carbocycles. The normalized spacial score (nSPS) is 10.9. The van der Waals surface area contributed by atoms with Gasteiger partial charge < -0.3 is 10.1 Å². The van der Waals surface area contributed by atoms with Gasteiger partial charge in [-0.3, -0.25) is 9.59 Å². The number of hydrogen-bond acceptors (Lipinski definition) is 3. The first-order valence-electron chi connectivity index (χ1n) is 6.28. The van der Waals surface area contributed by atoms with Crippen LogP contribution in [-0.2, 0) is 20.9 Å². The summed E-state index contributed by atoms with van der Waals surface area (Å²) in [7, 11) is 0. The van der Waals surface area contributed by atoms with E-state index in [0.29, 0.717) is 5.57 Å². The van der Waals surface area contributed by atoms with Gasteiger partial charge in [0.1, 0.15) is 13.2 Å². The van der Waals surface area contributed by atoms with Crippen LogP contribution in [0.15, 0.2) is 42.0 Å². The van der Waals surface area contributed by atoms with Gasteiger partial charge in [0.2, 0.25) is 5.91 Å². The molecule has 19 heavy (non-hydrogen) atoms. The number of nitrogens with one attached hydrogen (secondary N) is 1. The summed E-state index contributed by atoms with van der Waals surface area (Å²) in [6, 6.07) is 9.40. The zero-order chi connectivity index (χ0) is 14.1. The van der Waals surface area contributed by atoms with Crippen LogP contribution < -0.4 is 5.32 Å². The van der Waals surface area contributed by atoms with Gasteiger partial charge in [0.25, 0.3) is 0 Å². The van der Waals surface area contributed by atoms with Crippen molar-refractivity contribution in [1.82, 2.24) is 5.32 Å². The van der Waals surface area contributed by atoms with Gasteiger partial charge in [0.15, 0.2) is 0 Å². The summed E-state index contributed by atoms with van der Waals surface area (Å²) in [6.45, 7) is 3.78. The second-order valence-corrected chi connectivity index (χ2v) is 4.12. The van der Waals surface area contributed by atoms with Crippen molar-refractivity contribution < 1.29 is 14.3 Å². The van der Waals surface area contributed by atoms with Crippen molar-refractivity contribution in [3.63, 3.8) is 0 Å². The van der Waals surface area contributed by atoms with E-state index in [1.165, 1.54) is 0 Å². The highest BCUT2D eigenvalue weighted by molar-refractivity contribution is 5.94. The molecular weight excluding hydrogens is 242 g/mol. The fourth-order valence-electron chi connectivity index (χ4n) is 1.48. The predicted octanol–water partition coefficient (Wildman–Crippen LogP) is 2.20. The molecule has 0 aliphatic rings. The van der Waals surface area contributed by atoms with Gasteiger partial charge in [-0.2, -0.15) is 0 Å². The van der Waals surface area contributed by atoms with Crippen molar-refractivity contribution in [3.05, 3.63) is 47.5 Å². The Kier molecular flexibility index (Phi) is 6.36. The highest BCUT2D eigenvalue weighted by Gasteiger charge is 2.07. The van der Waals surface area contributed by atoms with Crippen LogP contribution in [0.1, 0.15) is 25.8 Å². The monoisotopic (exact) mass is 261 g/mol. The van der Waals surface area contributed by atoms with Gasteiger partial charge in [-0.1, -0.05) is 43.3 Å². The van der Waals surface area contributed by atoms with E-state index in [-0.39, 0.29) is 19.1 Å². The molecule has 0 aliphatic heterocycles. The minimum atomic E-state index is -0.443. The van der Waals surface area contributed by atoms with Crippen molar-refractivity contribution in [2.24, 2.45) is 0 Å². The second-order valence-electron chi connectivity index (χ2n) is 4.12. The van der Waals surface area contributed by atoms with E-state index in [9.17, 15) is 9.59 Å². The lowest BCUT2D eigenvalue weighted by molar-refractivity contribution is -0.144. The lowest BCUT2D eigenvalue weighted by Gasteiger charge is -2.06. The standard InChI is InChI=1S/C15H19NO3/c1-3-7-12(2)15(18)16-10-14(17)19-11-13-8-5-4-6-9-13/h4-9H,3,10-11H2,1-2H3,(H,16,18). The van der Waals surface area contributed by atoms with Crippen LogP contribution >= 0.6 is 0 Å². The van der Waals surface area contributed by atoms with Crippen molar-refractivity contribution in [3.8, 4) is 0 Å². The first kappa shape index (κ1) is 15.0. The summed E-state index contributed by atoms with van der Waals surface area (Å²) in [5.41, 5.74) is 1.53. The number of carbonyl (C=O) groups is 2. The molecule has 1 rings (SSSR count). The molecule has 102 valence electrons. The molecule has 1 aromatic rings. The highest BCUT2D eigenvalue weighted by atomic mass is 16.5. The first-order chi connectivity index (χ1) is 9.13. The van der Waals surface area contributed by atoms with Crippen LogP contribution in [-0.4, -0.2) is 18.4 Å². The number of esters is 1. The molecule has 0 heterocycles. The lowest BCUT2D eigenvalue weighted by Crippen LogP contribution is -2.31. The lowest BCUT2D eigenvalue weighted by atomic mass is 10.2. The van der Waals surface area contributed by atoms with Gasteiger partial charge in [-0.05, 0) is 18.9 Å². The molecule has 0 saturated carbocycles. The van der Waals surface area contributed by atoms with Crippen LogP contribution in [0.5, 0.6) is 0 Å². The van der Waals surface area contributed by atoms with Gasteiger partial charge in [-0.15, -0.1) is 0 Å². The molecule has 0 saturated heterocycles. The third-order valence-electron chi connectivity index (χ3n) is 2.50. The Labute approximate surface area is 113 Å². The zero-order valence-electron chi connectivity index (χ0n) is 11.3. The maximum atomic E-state index is 11.5. The average Bonchev–Trinajstić information content (AvgIpc) is 2.43. The SMILES string of the molecule is CCC=C(C)C(=O)NCC(=O)OCc1ccccc1. The highest BCUT2D eigenvalue weighted by Crippen LogP contribution is 2.00. The number of ether oxygens (including phenoxy) is 1. The number of amides is 1. The minimum Gasteiger partial charge on any atom is -0.460 e. The summed E-state index contributed by atoms with van der Waals surface area (Å²) < 4.78 is 5.05. The average molecular weight is 261 g/mol. The summed E-state index contributed by atoms with van der Waals surface area (Å²) >= 11 is 0. The van der Waals surface area contributed by atoms with E-state index in [0.717, 1.165) is 12.0 Å². The molecule has 0 unspecified atom stereocenters. The van der Waals surface area contributed by atoms with Crippen LogP contribution in [0.4, 0.5) is 0 Å². The number of allylic oxidation sites excluding steroid dienone is 1. The molecule has 0 bridgehead atoms. The van der Waals surface area contributed by atoms with E-state index in [1.54, 1.807) is 6.92 Å². The van der Waals surface area contributed by atoms with Crippen molar-refractivity contribution in [2.45, 2.75) is 26.9 Å². The Balaban J connectivity index is 2.29. The molecule has 4 heteroatoms. The smallest absolute Gasteiger partial charge is 0.325 e. The Morgan fingerprint density at radius 1 is 1.26 bits per heavy atom. The molecule has 0 spiro atoms. The second kappa shape index (κ2) is 8.08. The molecular formula is C15H19NO3. The van der Waals surface area contributed by atoms with Crippen molar-refractivity contribution in [2.75, 3.05) is 6.54 Å². The molecule has 0 atom stereocenters. The van der Waals surface area contributed by atoms with E-state index >= 15 is 0 Å². The number of hydrogen-bond donors (Lipinski definition) is 1. The van der Waals surface area contributed by atoms with Crippen LogP contribution in [0.2, 0.25) is 0 Å². The largest absolute Gasteiger partial charge is 0.460 e. The quantitative estimate of drug-likeness (QED) is 0.631. The number of rotatable bonds is 6. The van der Waals surface area contributed by atoms with E-state index in [1.807, 2.05) is 43.3 Å². The van der Waals surface area contributed by atoms with Gasteiger partial charge in [-0.25, -0.2) is 0 Å².